The Morgan fingerprint density at radius 3 is 2.68 bits per heavy atom. The third kappa shape index (κ3) is 4.33. The lowest BCUT2D eigenvalue weighted by Gasteiger charge is -2.29. The molecule has 0 spiro atoms. The summed E-state index contributed by atoms with van der Waals surface area (Å²) in [5.41, 5.74) is 1.99. The number of benzene rings is 1. The molecule has 0 saturated carbocycles. The maximum atomic E-state index is 11.9. The number of amides is 1. The summed E-state index contributed by atoms with van der Waals surface area (Å²) >= 11 is 0. The van der Waals surface area contributed by atoms with Crippen molar-refractivity contribution in [3.05, 3.63) is 29.8 Å². The third-order valence-electron chi connectivity index (χ3n) is 3.69. The van der Waals surface area contributed by atoms with Crippen molar-refractivity contribution in [1.82, 2.24) is 10.2 Å². The quantitative estimate of drug-likeness (QED) is 0.865. The zero-order valence-electron chi connectivity index (χ0n) is 11.8. The van der Waals surface area contributed by atoms with Crippen LogP contribution >= 0.6 is 0 Å². The van der Waals surface area contributed by atoms with Crippen molar-refractivity contribution in [2.24, 2.45) is 0 Å². The standard InChI is InChI=1S/C15H23N3O/c1-12-5-3-4-6-14(12)17-15(19)11-16-13-7-9-18(2)10-8-13/h3-6,13,16H,7-11H2,1-2H3,(H,17,19). The van der Waals surface area contributed by atoms with Crippen LogP contribution in [0.25, 0.3) is 0 Å². The first-order valence-electron chi connectivity index (χ1n) is 6.92. The molecule has 0 aliphatic carbocycles. The van der Waals surface area contributed by atoms with Crippen LogP contribution in [0.4, 0.5) is 5.69 Å². The van der Waals surface area contributed by atoms with Gasteiger partial charge in [0.2, 0.25) is 5.91 Å². The molecular weight excluding hydrogens is 238 g/mol. The number of nitrogens with zero attached hydrogens (tertiary/aromatic N) is 1. The summed E-state index contributed by atoms with van der Waals surface area (Å²) in [6.07, 6.45) is 2.24. The number of nitrogens with one attached hydrogen (secondary N) is 2. The van der Waals surface area contributed by atoms with Crippen molar-refractivity contribution >= 4 is 11.6 Å². The van der Waals surface area contributed by atoms with E-state index in [4.69, 9.17) is 0 Å². The largest absolute Gasteiger partial charge is 0.325 e. The highest BCUT2D eigenvalue weighted by Gasteiger charge is 2.16. The second-order valence-corrected chi connectivity index (χ2v) is 5.32. The van der Waals surface area contributed by atoms with Crippen molar-refractivity contribution < 1.29 is 4.79 Å². The van der Waals surface area contributed by atoms with Gasteiger partial charge in [-0.05, 0) is 51.5 Å². The highest BCUT2D eigenvalue weighted by atomic mass is 16.1. The lowest BCUT2D eigenvalue weighted by atomic mass is 10.1. The fourth-order valence-corrected chi connectivity index (χ4v) is 2.36. The third-order valence-corrected chi connectivity index (χ3v) is 3.69. The Bertz CT molecular complexity index is 425. The SMILES string of the molecule is Cc1ccccc1NC(=O)CNC1CCN(C)CC1. The predicted octanol–water partition coefficient (Wildman–Crippen LogP) is 1.62. The zero-order chi connectivity index (χ0) is 13.7. The molecule has 2 N–H and O–H groups in total. The topological polar surface area (TPSA) is 44.4 Å². The summed E-state index contributed by atoms with van der Waals surface area (Å²) in [6.45, 7) is 4.61. The summed E-state index contributed by atoms with van der Waals surface area (Å²) in [6, 6.07) is 8.32. The van der Waals surface area contributed by atoms with Crippen LogP contribution in [-0.4, -0.2) is 43.5 Å². The molecule has 104 valence electrons. The summed E-state index contributed by atoms with van der Waals surface area (Å²) in [5, 5.41) is 6.29. The number of hydrogen-bond acceptors (Lipinski definition) is 3. The highest BCUT2D eigenvalue weighted by molar-refractivity contribution is 5.92. The van der Waals surface area contributed by atoms with E-state index in [1.54, 1.807) is 0 Å². The maximum Gasteiger partial charge on any atom is 0.238 e. The minimum absolute atomic E-state index is 0.0354. The van der Waals surface area contributed by atoms with Gasteiger partial charge in [-0.2, -0.15) is 0 Å². The van der Waals surface area contributed by atoms with Crippen LogP contribution in [-0.2, 0) is 4.79 Å². The molecule has 4 heteroatoms. The monoisotopic (exact) mass is 261 g/mol. The van der Waals surface area contributed by atoms with Crippen LogP contribution < -0.4 is 10.6 Å². The van der Waals surface area contributed by atoms with E-state index < -0.39 is 0 Å². The van der Waals surface area contributed by atoms with Gasteiger partial charge < -0.3 is 15.5 Å². The second kappa shape index (κ2) is 6.68. The Morgan fingerprint density at radius 1 is 1.32 bits per heavy atom. The van der Waals surface area contributed by atoms with Gasteiger partial charge >= 0.3 is 0 Å². The number of hydrogen-bond donors (Lipinski definition) is 2. The van der Waals surface area contributed by atoms with Gasteiger partial charge in [0.1, 0.15) is 0 Å². The van der Waals surface area contributed by atoms with E-state index in [-0.39, 0.29) is 5.91 Å². The molecule has 1 fully saturated rings. The van der Waals surface area contributed by atoms with Gasteiger partial charge in [-0.3, -0.25) is 4.79 Å². The normalized spacial score (nSPS) is 17.4. The van der Waals surface area contributed by atoms with E-state index in [1.807, 2.05) is 31.2 Å². The van der Waals surface area contributed by atoms with E-state index >= 15 is 0 Å². The van der Waals surface area contributed by atoms with E-state index in [1.165, 1.54) is 0 Å². The Labute approximate surface area is 115 Å². The van der Waals surface area contributed by atoms with Crippen molar-refractivity contribution in [3.63, 3.8) is 0 Å². The Kier molecular flexibility index (Phi) is 4.93. The number of aryl methyl sites for hydroxylation is 1. The van der Waals surface area contributed by atoms with E-state index in [2.05, 4.69) is 22.6 Å². The number of carbonyl (C=O) groups is 1. The van der Waals surface area contributed by atoms with Crippen LogP contribution in [0.1, 0.15) is 18.4 Å². The van der Waals surface area contributed by atoms with Gasteiger partial charge in [0.25, 0.3) is 0 Å². The maximum absolute atomic E-state index is 11.9. The number of piperidine rings is 1. The predicted molar refractivity (Wildman–Crippen MR) is 78.3 cm³/mol. The highest BCUT2D eigenvalue weighted by Crippen LogP contribution is 2.13. The molecule has 1 aromatic carbocycles. The van der Waals surface area contributed by atoms with Gasteiger partial charge in [-0.15, -0.1) is 0 Å². The summed E-state index contributed by atoms with van der Waals surface area (Å²) in [4.78, 5) is 14.2. The molecule has 1 aliphatic heterocycles. The first-order chi connectivity index (χ1) is 9.15. The number of carbonyl (C=O) groups excluding carboxylic acids is 1. The first-order valence-corrected chi connectivity index (χ1v) is 6.92. The molecule has 1 aliphatic rings. The molecule has 0 radical (unpaired) electrons. The molecule has 1 aromatic rings. The van der Waals surface area contributed by atoms with Crippen LogP contribution in [0.5, 0.6) is 0 Å². The van der Waals surface area contributed by atoms with E-state index in [9.17, 15) is 4.79 Å². The van der Waals surface area contributed by atoms with Crippen molar-refractivity contribution in [2.45, 2.75) is 25.8 Å². The average Bonchev–Trinajstić information content (AvgIpc) is 2.41. The van der Waals surface area contributed by atoms with E-state index in [0.717, 1.165) is 37.2 Å². The first kappa shape index (κ1) is 14.0. The smallest absolute Gasteiger partial charge is 0.238 e. The van der Waals surface area contributed by atoms with Crippen molar-refractivity contribution in [3.8, 4) is 0 Å². The molecule has 1 saturated heterocycles. The minimum Gasteiger partial charge on any atom is -0.325 e. The fourth-order valence-electron chi connectivity index (χ4n) is 2.36. The average molecular weight is 261 g/mol. The van der Waals surface area contributed by atoms with Crippen LogP contribution in [0.3, 0.4) is 0 Å². The molecular formula is C15H23N3O. The molecule has 19 heavy (non-hydrogen) atoms. The number of para-hydroxylation sites is 1. The van der Waals surface area contributed by atoms with Gasteiger partial charge in [-0.25, -0.2) is 0 Å². The molecule has 1 amide bonds. The van der Waals surface area contributed by atoms with Gasteiger partial charge in [0.05, 0.1) is 6.54 Å². The summed E-state index contributed by atoms with van der Waals surface area (Å²) in [5.74, 6) is 0.0354. The van der Waals surface area contributed by atoms with Gasteiger partial charge in [0, 0.05) is 11.7 Å². The summed E-state index contributed by atoms with van der Waals surface area (Å²) < 4.78 is 0. The summed E-state index contributed by atoms with van der Waals surface area (Å²) in [7, 11) is 2.14. The Morgan fingerprint density at radius 2 is 2.00 bits per heavy atom. The number of rotatable bonds is 4. The van der Waals surface area contributed by atoms with Crippen molar-refractivity contribution in [2.75, 3.05) is 32.0 Å². The lowest BCUT2D eigenvalue weighted by molar-refractivity contribution is -0.115. The number of anilines is 1. The Hall–Kier alpha value is -1.39. The molecule has 0 unspecified atom stereocenters. The van der Waals surface area contributed by atoms with Crippen LogP contribution in [0.2, 0.25) is 0 Å². The molecule has 4 nitrogen and oxygen atoms in total. The Balaban J connectivity index is 1.74. The fraction of sp³-hybridized carbons (Fsp3) is 0.533. The van der Waals surface area contributed by atoms with Crippen molar-refractivity contribution in [1.29, 1.82) is 0 Å². The van der Waals surface area contributed by atoms with E-state index in [0.29, 0.717) is 12.6 Å². The molecule has 0 atom stereocenters. The molecule has 0 aromatic heterocycles. The second-order valence-electron chi connectivity index (χ2n) is 5.32. The molecule has 0 bridgehead atoms. The zero-order valence-corrected chi connectivity index (χ0v) is 11.8. The number of likely N-dealkylation sites (tertiary alicyclic amines) is 1. The molecule has 2 rings (SSSR count). The van der Waals surface area contributed by atoms with Gasteiger partial charge in [0.15, 0.2) is 0 Å². The molecule has 1 heterocycles. The van der Waals surface area contributed by atoms with Crippen LogP contribution in [0, 0.1) is 6.92 Å². The lowest BCUT2D eigenvalue weighted by Crippen LogP contribution is -2.43. The minimum atomic E-state index is 0.0354. The van der Waals surface area contributed by atoms with Gasteiger partial charge in [-0.1, -0.05) is 18.2 Å². The van der Waals surface area contributed by atoms with Crippen LogP contribution in [0.15, 0.2) is 24.3 Å².